The van der Waals surface area contributed by atoms with Crippen molar-refractivity contribution in [2.45, 2.75) is 26.2 Å². The highest BCUT2D eigenvalue weighted by molar-refractivity contribution is 5.63. The van der Waals surface area contributed by atoms with Gasteiger partial charge in [0.25, 0.3) is 0 Å². The van der Waals surface area contributed by atoms with Crippen LogP contribution in [0.15, 0.2) is 55.1 Å². The van der Waals surface area contributed by atoms with E-state index in [-0.39, 0.29) is 0 Å². The summed E-state index contributed by atoms with van der Waals surface area (Å²) in [7, 11) is 0. The van der Waals surface area contributed by atoms with Gasteiger partial charge in [-0.05, 0) is 47.7 Å². The molecular formula is C18H21N. The zero-order valence-corrected chi connectivity index (χ0v) is 11.7. The number of nitrogens with one attached hydrogen (secondary N) is 1. The van der Waals surface area contributed by atoms with Crippen molar-refractivity contribution in [1.29, 1.82) is 0 Å². The lowest BCUT2D eigenvalue weighted by Crippen LogP contribution is -1.93. The van der Waals surface area contributed by atoms with Gasteiger partial charge in [-0.15, -0.1) is 0 Å². The SMILES string of the molecule is C=Cc1cccc(Nc2ccc(C(C)CC)cc2)c1. The second kappa shape index (κ2) is 6.24. The number of anilines is 2. The first-order valence-corrected chi connectivity index (χ1v) is 6.82. The summed E-state index contributed by atoms with van der Waals surface area (Å²) in [6.07, 6.45) is 3.03. The second-order valence-electron chi connectivity index (χ2n) is 4.89. The molecule has 1 N–H and O–H groups in total. The Morgan fingerprint density at radius 2 is 1.84 bits per heavy atom. The maximum Gasteiger partial charge on any atom is 0.0390 e. The van der Waals surface area contributed by atoms with E-state index < -0.39 is 0 Å². The van der Waals surface area contributed by atoms with Gasteiger partial charge in [-0.3, -0.25) is 0 Å². The van der Waals surface area contributed by atoms with Crippen LogP contribution < -0.4 is 5.32 Å². The molecule has 0 bridgehead atoms. The molecule has 0 saturated carbocycles. The van der Waals surface area contributed by atoms with Crippen molar-refractivity contribution < 1.29 is 0 Å². The normalized spacial score (nSPS) is 11.9. The zero-order valence-electron chi connectivity index (χ0n) is 11.7. The molecule has 2 aromatic rings. The van der Waals surface area contributed by atoms with Crippen LogP contribution >= 0.6 is 0 Å². The summed E-state index contributed by atoms with van der Waals surface area (Å²) in [5.74, 6) is 0.623. The third-order valence-electron chi connectivity index (χ3n) is 3.50. The molecule has 0 spiro atoms. The van der Waals surface area contributed by atoms with E-state index in [4.69, 9.17) is 0 Å². The summed E-state index contributed by atoms with van der Waals surface area (Å²) >= 11 is 0. The molecule has 0 aromatic heterocycles. The van der Waals surface area contributed by atoms with Gasteiger partial charge in [0.1, 0.15) is 0 Å². The Kier molecular flexibility index (Phi) is 4.40. The van der Waals surface area contributed by atoms with Crippen LogP contribution in [0.1, 0.15) is 37.3 Å². The van der Waals surface area contributed by atoms with Gasteiger partial charge in [-0.2, -0.15) is 0 Å². The molecule has 0 fully saturated rings. The van der Waals surface area contributed by atoms with Crippen LogP contribution in [0.25, 0.3) is 6.08 Å². The predicted octanol–water partition coefficient (Wildman–Crippen LogP) is 5.59. The van der Waals surface area contributed by atoms with E-state index >= 15 is 0 Å². The Bertz CT molecular complexity index is 540. The molecule has 0 amide bonds. The summed E-state index contributed by atoms with van der Waals surface area (Å²) in [5, 5.41) is 3.41. The van der Waals surface area contributed by atoms with Crippen LogP contribution in [0.4, 0.5) is 11.4 Å². The topological polar surface area (TPSA) is 12.0 Å². The molecule has 0 aliphatic carbocycles. The summed E-state index contributed by atoms with van der Waals surface area (Å²) in [6, 6.07) is 16.9. The van der Waals surface area contributed by atoms with Crippen LogP contribution in [0, 0.1) is 0 Å². The number of benzene rings is 2. The van der Waals surface area contributed by atoms with Crippen molar-refractivity contribution in [2.75, 3.05) is 5.32 Å². The van der Waals surface area contributed by atoms with Crippen molar-refractivity contribution in [2.24, 2.45) is 0 Å². The molecule has 1 heteroatoms. The van der Waals surface area contributed by atoms with Gasteiger partial charge in [0.2, 0.25) is 0 Å². The molecule has 0 heterocycles. The summed E-state index contributed by atoms with van der Waals surface area (Å²) in [5.41, 5.74) is 4.73. The quantitative estimate of drug-likeness (QED) is 0.730. The van der Waals surface area contributed by atoms with E-state index in [1.165, 1.54) is 12.0 Å². The van der Waals surface area contributed by atoms with E-state index in [2.05, 4.69) is 62.1 Å². The van der Waals surface area contributed by atoms with Crippen molar-refractivity contribution in [3.8, 4) is 0 Å². The van der Waals surface area contributed by atoms with E-state index in [9.17, 15) is 0 Å². The van der Waals surface area contributed by atoms with Gasteiger partial charge in [-0.25, -0.2) is 0 Å². The fraction of sp³-hybridized carbons (Fsp3) is 0.222. The minimum Gasteiger partial charge on any atom is -0.356 e. The monoisotopic (exact) mass is 251 g/mol. The molecule has 1 unspecified atom stereocenters. The number of hydrogen-bond acceptors (Lipinski definition) is 1. The lowest BCUT2D eigenvalue weighted by Gasteiger charge is -2.11. The fourth-order valence-corrected chi connectivity index (χ4v) is 2.04. The minimum atomic E-state index is 0.623. The summed E-state index contributed by atoms with van der Waals surface area (Å²) in [4.78, 5) is 0. The van der Waals surface area contributed by atoms with Crippen LogP contribution in [0.2, 0.25) is 0 Å². The van der Waals surface area contributed by atoms with Gasteiger partial charge >= 0.3 is 0 Å². The molecule has 0 radical (unpaired) electrons. The predicted molar refractivity (Wildman–Crippen MR) is 85.0 cm³/mol. The number of rotatable bonds is 5. The van der Waals surface area contributed by atoms with Crippen LogP contribution in [0.5, 0.6) is 0 Å². The maximum atomic E-state index is 3.79. The van der Waals surface area contributed by atoms with Crippen molar-refractivity contribution >= 4 is 17.5 Å². The lowest BCUT2D eigenvalue weighted by molar-refractivity contribution is 0.734. The van der Waals surface area contributed by atoms with E-state index in [0.717, 1.165) is 16.9 Å². The molecular weight excluding hydrogens is 230 g/mol. The van der Waals surface area contributed by atoms with Crippen molar-refractivity contribution in [1.82, 2.24) is 0 Å². The molecule has 1 nitrogen and oxygen atoms in total. The lowest BCUT2D eigenvalue weighted by atomic mass is 9.98. The second-order valence-corrected chi connectivity index (χ2v) is 4.89. The first kappa shape index (κ1) is 13.4. The first-order chi connectivity index (χ1) is 9.22. The minimum absolute atomic E-state index is 0.623. The van der Waals surface area contributed by atoms with Gasteiger partial charge in [0, 0.05) is 11.4 Å². The fourth-order valence-electron chi connectivity index (χ4n) is 2.04. The van der Waals surface area contributed by atoms with E-state index in [1.54, 1.807) is 0 Å². The first-order valence-electron chi connectivity index (χ1n) is 6.82. The van der Waals surface area contributed by atoms with Gasteiger partial charge in [-0.1, -0.05) is 50.8 Å². The van der Waals surface area contributed by atoms with Crippen LogP contribution in [-0.4, -0.2) is 0 Å². The highest BCUT2D eigenvalue weighted by Gasteiger charge is 2.02. The molecule has 2 aromatic carbocycles. The molecule has 0 aliphatic rings. The average Bonchev–Trinajstić information content (AvgIpc) is 2.47. The molecule has 2 rings (SSSR count). The van der Waals surface area contributed by atoms with Gasteiger partial charge < -0.3 is 5.32 Å². The molecule has 0 saturated heterocycles. The van der Waals surface area contributed by atoms with Crippen LogP contribution in [-0.2, 0) is 0 Å². The Balaban J connectivity index is 2.12. The standard InChI is InChI=1S/C18H21N/c1-4-14(3)16-9-11-17(12-10-16)19-18-8-6-7-15(5-2)13-18/h5-14,19H,2,4H2,1,3H3. The van der Waals surface area contributed by atoms with Crippen molar-refractivity contribution in [3.63, 3.8) is 0 Å². The smallest absolute Gasteiger partial charge is 0.0390 e. The number of hydrogen-bond donors (Lipinski definition) is 1. The molecule has 19 heavy (non-hydrogen) atoms. The third-order valence-corrected chi connectivity index (χ3v) is 3.50. The largest absolute Gasteiger partial charge is 0.356 e. The molecule has 98 valence electrons. The Hall–Kier alpha value is -2.02. The summed E-state index contributed by atoms with van der Waals surface area (Å²) < 4.78 is 0. The van der Waals surface area contributed by atoms with Gasteiger partial charge in [0.15, 0.2) is 0 Å². The van der Waals surface area contributed by atoms with Crippen LogP contribution in [0.3, 0.4) is 0 Å². The molecule has 1 atom stereocenters. The average molecular weight is 251 g/mol. The Morgan fingerprint density at radius 3 is 2.47 bits per heavy atom. The van der Waals surface area contributed by atoms with E-state index in [1.807, 2.05) is 18.2 Å². The van der Waals surface area contributed by atoms with Gasteiger partial charge in [0.05, 0.1) is 0 Å². The Morgan fingerprint density at radius 1 is 1.11 bits per heavy atom. The maximum absolute atomic E-state index is 3.79. The summed E-state index contributed by atoms with van der Waals surface area (Å²) in [6.45, 7) is 8.27. The zero-order chi connectivity index (χ0) is 13.7. The Labute approximate surface area is 116 Å². The highest BCUT2D eigenvalue weighted by atomic mass is 14.9. The van der Waals surface area contributed by atoms with Crippen molar-refractivity contribution in [3.05, 3.63) is 66.2 Å². The van der Waals surface area contributed by atoms with E-state index in [0.29, 0.717) is 5.92 Å². The third kappa shape index (κ3) is 3.47. The highest BCUT2D eigenvalue weighted by Crippen LogP contribution is 2.23. The molecule has 0 aliphatic heterocycles.